The van der Waals surface area contributed by atoms with Crippen molar-refractivity contribution in [2.24, 2.45) is 0 Å². The smallest absolute Gasteiger partial charge is 0.353 e. The number of halogens is 3. The number of anilines is 1. The van der Waals surface area contributed by atoms with E-state index in [1.54, 1.807) is 9.58 Å². The van der Waals surface area contributed by atoms with Crippen LogP contribution in [0.1, 0.15) is 24.4 Å². The molecule has 1 aliphatic heterocycles. The molecule has 1 saturated heterocycles. The first-order valence-corrected chi connectivity index (χ1v) is 9.87. The summed E-state index contributed by atoms with van der Waals surface area (Å²) in [5.41, 5.74) is -0.768. The third-order valence-electron chi connectivity index (χ3n) is 4.71. The maximum Gasteiger partial charge on any atom is 0.417 e. The normalized spacial score (nSPS) is 17.8. The highest BCUT2D eigenvalue weighted by molar-refractivity contribution is 7.99. The lowest BCUT2D eigenvalue weighted by Crippen LogP contribution is -2.49. The number of pyridine rings is 1. The molecule has 150 valence electrons. The molecule has 0 radical (unpaired) electrons. The SMILES string of the molecule is O=C(CSc1nnnn1C1CC1)N1CCN(c2ccc(C(F)(F)F)cn2)CC1. The third kappa shape index (κ3) is 4.21. The lowest BCUT2D eigenvalue weighted by Gasteiger charge is -2.35. The van der Waals surface area contributed by atoms with Crippen LogP contribution in [0.2, 0.25) is 0 Å². The maximum atomic E-state index is 12.6. The van der Waals surface area contributed by atoms with Gasteiger partial charge in [-0.15, -0.1) is 5.10 Å². The van der Waals surface area contributed by atoms with Crippen molar-refractivity contribution < 1.29 is 18.0 Å². The van der Waals surface area contributed by atoms with Gasteiger partial charge in [0.1, 0.15) is 5.82 Å². The van der Waals surface area contributed by atoms with E-state index in [0.29, 0.717) is 43.2 Å². The third-order valence-corrected chi connectivity index (χ3v) is 5.63. The summed E-state index contributed by atoms with van der Waals surface area (Å²) in [5.74, 6) is 0.736. The van der Waals surface area contributed by atoms with Gasteiger partial charge in [-0.05, 0) is 35.4 Å². The molecule has 28 heavy (non-hydrogen) atoms. The number of thioether (sulfide) groups is 1. The topological polar surface area (TPSA) is 80.0 Å². The van der Waals surface area contributed by atoms with Crippen LogP contribution >= 0.6 is 11.8 Å². The van der Waals surface area contributed by atoms with Crippen molar-refractivity contribution in [1.82, 2.24) is 30.1 Å². The fourth-order valence-corrected chi connectivity index (χ4v) is 3.82. The van der Waals surface area contributed by atoms with Crippen molar-refractivity contribution in [2.75, 3.05) is 36.8 Å². The molecule has 8 nitrogen and oxygen atoms in total. The molecule has 0 spiro atoms. The predicted molar refractivity (Wildman–Crippen MR) is 94.8 cm³/mol. The van der Waals surface area contributed by atoms with Gasteiger partial charge in [0.2, 0.25) is 11.1 Å². The van der Waals surface area contributed by atoms with E-state index in [0.717, 1.165) is 25.1 Å². The standard InChI is InChI=1S/C16H18F3N7OS/c17-16(18,19)11-1-4-13(20-9-11)24-5-7-25(8-6-24)14(27)10-28-15-21-22-23-26(15)12-2-3-12/h1,4,9,12H,2-3,5-8,10H2. The molecule has 2 fully saturated rings. The Hall–Kier alpha value is -2.37. The van der Waals surface area contributed by atoms with E-state index >= 15 is 0 Å². The molecule has 0 bridgehead atoms. The second-order valence-corrected chi connectivity index (χ2v) is 7.64. The zero-order chi connectivity index (χ0) is 19.7. The summed E-state index contributed by atoms with van der Waals surface area (Å²) < 4.78 is 39.7. The lowest BCUT2D eigenvalue weighted by molar-refractivity contribution is -0.137. The Morgan fingerprint density at radius 2 is 1.93 bits per heavy atom. The highest BCUT2D eigenvalue weighted by atomic mass is 32.2. The number of carbonyl (C=O) groups is 1. The zero-order valence-electron chi connectivity index (χ0n) is 14.8. The Bertz CT molecular complexity index is 830. The van der Waals surface area contributed by atoms with E-state index in [1.165, 1.54) is 17.8 Å². The predicted octanol–water partition coefficient (Wildman–Crippen LogP) is 1.86. The quantitative estimate of drug-likeness (QED) is 0.693. The Morgan fingerprint density at radius 3 is 2.54 bits per heavy atom. The van der Waals surface area contributed by atoms with E-state index in [4.69, 9.17) is 0 Å². The number of rotatable bonds is 5. The molecule has 0 unspecified atom stereocenters. The molecule has 3 heterocycles. The molecular weight excluding hydrogens is 395 g/mol. The summed E-state index contributed by atoms with van der Waals surface area (Å²) in [6.45, 7) is 2.04. The van der Waals surface area contributed by atoms with E-state index in [1.807, 2.05) is 4.90 Å². The molecule has 2 aromatic rings. The minimum atomic E-state index is -4.40. The number of amides is 1. The van der Waals surface area contributed by atoms with Crippen LogP contribution in [-0.4, -0.2) is 67.9 Å². The highest BCUT2D eigenvalue weighted by Crippen LogP contribution is 2.36. The molecule has 1 aliphatic carbocycles. The number of tetrazole rings is 1. The van der Waals surface area contributed by atoms with Gasteiger partial charge in [-0.3, -0.25) is 4.79 Å². The minimum absolute atomic E-state index is 0.00428. The largest absolute Gasteiger partial charge is 0.417 e. The van der Waals surface area contributed by atoms with E-state index in [-0.39, 0.29) is 11.7 Å². The van der Waals surface area contributed by atoms with Crippen LogP contribution < -0.4 is 4.90 Å². The van der Waals surface area contributed by atoms with Gasteiger partial charge in [-0.25, -0.2) is 9.67 Å². The molecule has 0 aromatic carbocycles. The van der Waals surface area contributed by atoms with Crippen molar-refractivity contribution in [3.8, 4) is 0 Å². The molecule has 4 rings (SSSR count). The van der Waals surface area contributed by atoms with Crippen molar-refractivity contribution in [3.05, 3.63) is 23.9 Å². The van der Waals surface area contributed by atoms with Gasteiger partial charge in [0.25, 0.3) is 0 Å². The van der Waals surface area contributed by atoms with Crippen molar-refractivity contribution in [1.29, 1.82) is 0 Å². The van der Waals surface area contributed by atoms with Gasteiger partial charge in [0, 0.05) is 32.4 Å². The number of hydrogen-bond acceptors (Lipinski definition) is 7. The first-order valence-electron chi connectivity index (χ1n) is 8.88. The van der Waals surface area contributed by atoms with Gasteiger partial charge in [-0.2, -0.15) is 13.2 Å². The summed E-state index contributed by atoms with van der Waals surface area (Å²) in [6.07, 6.45) is -1.43. The molecule has 1 amide bonds. The summed E-state index contributed by atoms with van der Waals surface area (Å²) in [6, 6.07) is 2.75. The van der Waals surface area contributed by atoms with E-state index < -0.39 is 11.7 Å². The number of piperazine rings is 1. The zero-order valence-corrected chi connectivity index (χ0v) is 15.7. The summed E-state index contributed by atoms with van der Waals surface area (Å²) in [7, 11) is 0. The van der Waals surface area contributed by atoms with Gasteiger partial charge >= 0.3 is 6.18 Å². The Kier molecular flexibility index (Phi) is 5.13. The average molecular weight is 413 g/mol. The lowest BCUT2D eigenvalue weighted by atomic mass is 10.2. The number of aromatic nitrogens is 5. The van der Waals surface area contributed by atoms with Crippen molar-refractivity contribution in [3.63, 3.8) is 0 Å². The average Bonchev–Trinajstić information content (AvgIpc) is 3.43. The fourth-order valence-electron chi connectivity index (χ4n) is 2.97. The van der Waals surface area contributed by atoms with Crippen LogP contribution in [-0.2, 0) is 11.0 Å². The maximum absolute atomic E-state index is 12.6. The fraction of sp³-hybridized carbons (Fsp3) is 0.562. The number of alkyl halides is 3. The summed E-state index contributed by atoms with van der Waals surface area (Å²) in [4.78, 5) is 20.0. The van der Waals surface area contributed by atoms with E-state index in [2.05, 4.69) is 20.5 Å². The van der Waals surface area contributed by atoms with Crippen LogP contribution in [0.25, 0.3) is 0 Å². The van der Waals surface area contributed by atoms with Gasteiger partial charge in [0.15, 0.2) is 0 Å². The molecular formula is C16H18F3N7OS. The molecule has 0 N–H and O–H groups in total. The number of nitrogens with zero attached hydrogens (tertiary/aromatic N) is 7. The Labute approximate surface area is 163 Å². The molecule has 0 atom stereocenters. The monoisotopic (exact) mass is 413 g/mol. The van der Waals surface area contributed by atoms with E-state index in [9.17, 15) is 18.0 Å². The molecule has 2 aromatic heterocycles. The Morgan fingerprint density at radius 1 is 1.18 bits per heavy atom. The van der Waals surface area contributed by atoms with Gasteiger partial charge < -0.3 is 9.80 Å². The van der Waals surface area contributed by atoms with Crippen LogP contribution in [0.5, 0.6) is 0 Å². The first-order chi connectivity index (χ1) is 13.4. The van der Waals surface area contributed by atoms with Crippen molar-refractivity contribution >= 4 is 23.5 Å². The van der Waals surface area contributed by atoms with Crippen LogP contribution in [0.15, 0.2) is 23.5 Å². The van der Waals surface area contributed by atoms with Crippen LogP contribution in [0.3, 0.4) is 0 Å². The number of hydrogen-bond donors (Lipinski definition) is 0. The van der Waals surface area contributed by atoms with Gasteiger partial charge in [-0.1, -0.05) is 11.8 Å². The second kappa shape index (κ2) is 7.57. The molecule has 1 saturated carbocycles. The first kappa shape index (κ1) is 19.0. The van der Waals surface area contributed by atoms with Crippen molar-refractivity contribution in [2.45, 2.75) is 30.2 Å². The number of carbonyl (C=O) groups excluding carboxylic acids is 1. The van der Waals surface area contributed by atoms with Crippen LogP contribution in [0.4, 0.5) is 19.0 Å². The Balaban J connectivity index is 1.27. The second-order valence-electron chi connectivity index (χ2n) is 6.70. The minimum Gasteiger partial charge on any atom is -0.353 e. The summed E-state index contributed by atoms with van der Waals surface area (Å²) in [5, 5.41) is 12.3. The highest BCUT2D eigenvalue weighted by Gasteiger charge is 2.31. The van der Waals surface area contributed by atoms with Gasteiger partial charge in [0.05, 0.1) is 17.4 Å². The molecule has 12 heteroatoms. The van der Waals surface area contributed by atoms with Crippen LogP contribution in [0, 0.1) is 0 Å². The summed E-state index contributed by atoms with van der Waals surface area (Å²) >= 11 is 1.33. The molecule has 2 aliphatic rings.